The Labute approximate surface area is 435 Å². The molecule has 1 radical (unpaired) electrons. The van der Waals surface area contributed by atoms with E-state index in [9.17, 15) is 0 Å². The predicted octanol–water partition coefficient (Wildman–Crippen LogP) is 18.0. The predicted molar refractivity (Wildman–Crippen MR) is 282 cm³/mol. The van der Waals surface area contributed by atoms with E-state index in [-0.39, 0.29) is 71.3 Å². The Morgan fingerprint density at radius 3 is 1.20 bits per heavy atom. The number of halogens is 1. The summed E-state index contributed by atoms with van der Waals surface area (Å²) < 4.78 is 1.14. The third kappa shape index (κ3) is 14.5. The van der Waals surface area contributed by atoms with Crippen molar-refractivity contribution in [3.63, 3.8) is 0 Å². The van der Waals surface area contributed by atoms with E-state index in [1.54, 1.807) is 0 Å². The quantitative estimate of drug-likeness (QED) is 0.172. The summed E-state index contributed by atoms with van der Waals surface area (Å²) in [4.78, 5) is 0. The minimum absolute atomic E-state index is 0. The summed E-state index contributed by atoms with van der Waals surface area (Å²) in [6.45, 7) is 26.9. The molecule has 2 nitrogen and oxygen atoms in total. The van der Waals surface area contributed by atoms with Crippen molar-refractivity contribution in [1.82, 2.24) is 0 Å². The van der Waals surface area contributed by atoms with Crippen molar-refractivity contribution in [2.24, 2.45) is 0 Å². The van der Waals surface area contributed by atoms with Gasteiger partial charge in [-0.15, -0.1) is 0 Å². The van der Waals surface area contributed by atoms with E-state index in [0.717, 1.165) is 27.1 Å². The van der Waals surface area contributed by atoms with Gasteiger partial charge in [0.1, 0.15) is 0 Å². The van der Waals surface area contributed by atoms with Crippen LogP contribution in [0.2, 0.25) is 0 Å². The van der Waals surface area contributed by atoms with Gasteiger partial charge < -0.3 is 11.1 Å². The van der Waals surface area contributed by atoms with Gasteiger partial charge in [-0.1, -0.05) is 208 Å². The van der Waals surface area contributed by atoms with E-state index in [1.807, 2.05) is 6.07 Å². The first-order valence-electron chi connectivity index (χ1n) is 22.2. The molecule has 0 saturated heterocycles. The van der Waals surface area contributed by atoms with Gasteiger partial charge in [-0.2, -0.15) is 0 Å². The molecule has 0 fully saturated rings. The molecular weight excluding hydrogens is 1120 g/mol. The molecule has 0 spiro atoms. The maximum Gasteiger partial charge on any atom is 0.0464 e. The van der Waals surface area contributed by atoms with Crippen LogP contribution in [0.25, 0.3) is 43.8 Å². The summed E-state index contributed by atoms with van der Waals surface area (Å²) in [7, 11) is 0. The van der Waals surface area contributed by atoms with Crippen LogP contribution in [-0.2, 0) is 40.2 Å². The van der Waals surface area contributed by atoms with Crippen LogP contribution in [0.5, 0.6) is 0 Å². The topological polar surface area (TPSA) is 38.0 Å². The Balaban J connectivity index is 0.000000235. The van der Waals surface area contributed by atoms with Crippen LogP contribution in [0.15, 0.2) is 174 Å². The van der Waals surface area contributed by atoms with Crippen LogP contribution < -0.4 is 11.1 Å². The molecule has 8 aromatic carbocycles. The number of nitrogens with two attached hydrogens (primary N) is 1. The summed E-state index contributed by atoms with van der Waals surface area (Å²) in [6.07, 6.45) is 0. The van der Waals surface area contributed by atoms with Crippen molar-refractivity contribution in [2.75, 3.05) is 11.1 Å². The van der Waals surface area contributed by atoms with E-state index in [1.165, 1.54) is 60.5 Å². The first-order chi connectivity index (χ1) is 29.6. The SMILES string of the molecule is CC(C)(C)c1ccc(Br)cc1.CC(C)(C)c1ccc(N)c(-c2ccc3ccccc3c2)c1.CC(C)(C)c1ccc(Nc2ccc(C(C)(C)C)cc2-c2ccc3ccccc3c2)cc1.[U].[V]. The van der Waals surface area contributed by atoms with E-state index in [2.05, 4.69) is 268 Å². The summed E-state index contributed by atoms with van der Waals surface area (Å²) >= 11 is 3.41. The van der Waals surface area contributed by atoms with Gasteiger partial charge in [-0.05, 0) is 137 Å². The Morgan fingerprint density at radius 1 is 0.385 bits per heavy atom. The van der Waals surface area contributed by atoms with E-state index in [4.69, 9.17) is 5.73 Å². The minimum Gasteiger partial charge on any atom is -0.398 e. The van der Waals surface area contributed by atoms with Crippen molar-refractivity contribution in [2.45, 2.75) is 105 Å². The standard InChI is InChI=1S/C30H33N.C20H21N.C10H13Br.U.V/c1-29(2,3)24-13-16-26(17-14-24)31-28-18-15-25(30(4,5)6)20-27(28)23-12-11-21-9-7-8-10-22(21)19-23;1-20(2,3)17-10-11-19(21)18(13-17)16-9-8-14-6-4-5-7-15(14)12-16;1-10(2,3)8-4-6-9(11)7-5-8;;/h7-20,31H,1-6H3;4-13H,21H2,1-3H3;4-7H,1-3H3;;. The second kappa shape index (κ2) is 22.2. The molecule has 0 amide bonds. The van der Waals surface area contributed by atoms with Crippen molar-refractivity contribution >= 4 is 54.5 Å². The van der Waals surface area contributed by atoms with Gasteiger partial charge in [0.15, 0.2) is 0 Å². The van der Waals surface area contributed by atoms with Gasteiger partial charge in [0.2, 0.25) is 0 Å². The summed E-state index contributed by atoms with van der Waals surface area (Å²) in [5.74, 6) is 0. The molecule has 8 rings (SSSR count). The first kappa shape index (κ1) is 53.6. The van der Waals surface area contributed by atoms with Crippen molar-refractivity contribution in [3.05, 3.63) is 197 Å². The molecule has 0 aliphatic carbocycles. The van der Waals surface area contributed by atoms with Crippen LogP contribution in [-0.4, -0.2) is 0 Å². The van der Waals surface area contributed by atoms with Gasteiger partial charge in [0.05, 0.1) is 0 Å². The van der Waals surface area contributed by atoms with Crippen LogP contribution in [0.1, 0.15) is 105 Å². The molecule has 65 heavy (non-hydrogen) atoms. The number of hydrogen-bond acceptors (Lipinski definition) is 2. The fraction of sp³-hybridized carbons (Fsp3) is 0.267. The molecular formula is C60H67BrN2UV. The van der Waals surface area contributed by atoms with Crippen LogP contribution in [0.3, 0.4) is 0 Å². The third-order valence-electron chi connectivity index (χ3n) is 11.7. The Kier molecular flexibility index (Phi) is 18.3. The fourth-order valence-electron chi connectivity index (χ4n) is 7.50. The first-order valence-corrected chi connectivity index (χ1v) is 23.0. The number of hydrogen-bond donors (Lipinski definition) is 2. The van der Waals surface area contributed by atoms with Crippen molar-refractivity contribution < 1.29 is 49.7 Å². The summed E-state index contributed by atoms with van der Waals surface area (Å²) in [5.41, 5.74) is 20.0. The number of nitrogens with one attached hydrogen (secondary N) is 1. The zero-order valence-electron chi connectivity index (χ0n) is 40.6. The third-order valence-corrected chi connectivity index (χ3v) is 12.2. The van der Waals surface area contributed by atoms with Crippen molar-refractivity contribution in [3.8, 4) is 22.3 Å². The second-order valence-corrected chi connectivity index (χ2v) is 21.8. The number of fused-ring (bicyclic) bond motifs is 2. The molecule has 0 saturated carbocycles. The number of benzene rings is 8. The van der Waals surface area contributed by atoms with E-state index >= 15 is 0 Å². The van der Waals surface area contributed by atoms with Gasteiger partial charge in [0.25, 0.3) is 0 Å². The van der Waals surface area contributed by atoms with Gasteiger partial charge in [-0.25, -0.2) is 0 Å². The smallest absolute Gasteiger partial charge is 0.0464 e. The van der Waals surface area contributed by atoms with Gasteiger partial charge >= 0.3 is 0 Å². The number of rotatable bonds is 4. The monoisotopic (exact) mass is 1180 g/mol. The molecule has 8 aromatic rings. The molecule has 0 bridgehead atoms. The summed E-state index contributed by atoms with van der Waals surface area (Å²) in [6, 6.07) is 60.7. The van der Waals surface area contributed by atoms with E-state index < -0.39 is 0 Å². The number of anilines is 3. The maximum absolute atomic E-state index is 6.21. The summed E-state index contributed by atoms with van der Waals surface area (Å²) in [5, 5.41) is 8.71. The van der Waals surface area contributed by atoms with E-state index in [0.29, 0.717) is 0 Å². The van der Waals surface area contributed by atoms with Crippen LogP contribution >= 0.6 is 15.9 Å². The Hall–Kier alpha value is -4.00. The average Bonchev–Trinajstić information content (AvgIpc) is 3.23. The molecule has 3 N–H and O–H groups in total. The van der Waals surface area contributed by atoms with Gasteiger partial charge in [0, 0.05) is 82.3 Å². The second-order valence-electron chi connectivity index (χ2n) is 20.9. The van der Waals surface area contributed by atoms with Gasteiger partial charge in [-0.3, -0.25) is 0 Å². The molecule has 0 aromatic heterocycles. The number of nitrogen functional groups attached to an aromatic ring is 1. The maximum atomic E-state index is 6.21. The molecule has 5 heteroatoms. The average molecular weight is 1190 g/mol. The molecule has 0 unspecified atom stereocenters. The molecule has 0 aliphatic heterocycles. The molecule has 0 heterocycles. The Morgan fingerprint density at radius 2 is 0.754 bits per heavy atom. The fourth-order valence-corrected chi connectivity index (χ4v) is 7.77. The van der Waals surface area contributed by atoms with Crippen LogP contribution in [0, 0.1) is 31.1 Å². The molecule has 0 atom stereocenters. The minimum atomic E-state index is 0. The normalized spacial score (nSPS) is 11.6. The molecule has 333 valence electrons. The molecule has 0 aliphatic rings. The van der Waals surface area contributed by atoms with Crippen LogP contribution in [0.4, 0.5) is 17.1 Å². The van der Waals surface area contributed by atoms with Crippen molar-refractivity contribution in [1.29, 1.82) is 0 Å². The Bertz CT molecular complexity index is 2800. The zero-order chi connectivity index (χ0) is 45.7. The largest absolute Gasteiger partial charge is 0.398 e. The zero-order valence-corrected chi connectivity index (χ0v) is 47.7.